The molecule has 0 aliphatic carbocycles. The maximum Gasteiger partial charge on any atom is 0.335 e. The second kappa shape index (κ2) is 8.13. The zero-order chi connectivity index (χ0) is 23.2. The van der Waals surface area contributed by atoms with Gasteiger partial charge in [-0.2, -0.15) is 0 Å². The van der Waals surface area contributed by atoms with Gasteiger partial charge in [0.05, 0.1) is 5.39 Å². The van der Waals surface area contributed by atoms with Crippen LogP contribution in [0, 0.1) is 0 Å². The Morgan fingerprint density at radius 1 is 0.906 bits per heavy atom. The molecule has 1 saturated heterocycles. The smallest absolute Gasteiger partial charge is 0.335 e. The second-order valence-electron chi connectivity index (χ2n) is 7.19. The first-order valence-electron chi connectivity index (χ1n) is 9.35. The van der Waals surface area contributed by atoms with Crippen LogP contribution >= 0.6 is 0 Å². The van der Waals surface area contributed by atoms with Gasteiger partial charge in [0.2, 0.25) is 6.29 Å². The Morgan fingerprint density at radius 3 is 2.34 bits per heavy atom. The third kappa shape index (κ3) is 3.85. The van der Waals surface area contributed by atoms with Crippen molar-refractivity contribution in [3.63, 3.8) is 0 Å². The Kier molecular flexibility index (Phi) is 5.48. The summed E-state index contributed by atoms with van der Waals surface area (Å²) < 4.78 is 16.2. The minimum Gasteiger partial charge on any atom is -0.504 e. The van der Waals surface area contributed by atoms with E-state index in [1.165, 1.54) is 42.5 Å². The fraction of sp³-hybridized carbons (Fsp3) is 0.238. The summed E-state index contributed by atoms with van der Waals surface area (Å²) in [6.45, 7) is 0. The normalized spacial score (nSPS) is 25.5. The van der Waals surface area contributed by atoms with Crippen LogP contribution in [-0.2, 0) is 9.53 Å². The maximum atomic E-state index is 12.5. The number of ether oxygens (including phenoxy) is 2. The van der Waals surface area contributed by atoms with Crippen molar-refractivity contribution in [3.8, 4) is 28.6 Å². The first-order valence-corrected chi connectivity index (χ1v) is 9.35. The van der Waals surface area contributed by atoms with Gasteiger partial charge in [-0.1, -0.05) is 0 Å². The summed E-state index contributed by atoms with van der Waals surface area (Å²) in [5.41, 5.74) is -0.0184. The molecule has 0 amide bonds. The SMILES string of the molecule is O=C(O)[C@H]1OC(Oc2ccc3c(=O)cc(-c4ccc(O)c(O)c4)oc3c2)[C@H](O)[C@@H](O)[C@@H]1O. The highest BCUT2D eigenvalue weighted by Crippen LogP contribution is 2.32. The molecule has 0 spiro atoms. The lowest BCUT2D eigenvalue weighted by molar-refractivity contribution is -0.271. The summed E-state index contributed by atoms with van der Waals surface area (Å²) >= 11 is 0. The number of aromatic hydroxyl groups is 2. The summed E-state index contributed by atoms with van der Waals surface area (Å²) in [4.78, 5) is 23.7. The fourth-order valence-electron chi connectivity index (χ4n) is 3.31. The van der Waals surface area contributed by atoms with Crippen molar-refractivity contribution in [1.29, 1.82) is 0 Å². The van der Waals surface area contributed by atoms with E-state index >= 15 is 0 Å². The minimum absolute atomic E-state index is 0.0168. The number of hydrogen-bond donors (Lipinski definition) is 6. The number of fused-ring (bicyclic) bond motifs is 1. The summed E-state index contributed by atoms with van der Waals surface area (Å²) in [6, 6.07) is 9.12. The van der Waals surface area contributed by atoms with Gasteiger partial charge in [0, 0.05) is 17.7 Å². The zero-order valence-electron chi connectivity index (χ0n) is 16.2. The van der Waals surface area contributed by atoms with Gasteiger partial charge in [-0.25, -0.2) is 4.79 Å². The Morgan fingerprint density at radius 2 is 1.66 bits per heavy atom. The molecule has 1 aromatic heterocycles. The van der Waals surface area contributed by atoms with Gasteiger partial charge >= 0.3 is 5.97 Å². The average Bonchev–Trinajstić information content (AvgIpc) is 2.75. The molecular weight excluding hydrogens is 428 g/mol. The average molecular weight is 446 g/mol. The highest BCUT2D eigenvalue weighted by molar-refractivity contribution is 5.80. The van der Waals surface area contributed by atoms with E-state index in [2.05, 4.69) is 0 Å². The number of carbonyl (C=O) groups is 1. The van der Waals surface area contributed by atoms with Crippen molar-refractivity contribution in [3.05, 3.63) is 52.7 Å². The van der Waals surface area contributed by atoms with Crippen LogP contribution in [0.15, 0.2) is 51.7 Å². The highest BCUT2D eigenvalue weighted by Gasteiger charge is 2.48. The van der Waals surface area contributed by atoms with Gasteiger partial charge in [0.1, 0.15) is 35.4 Å². The molecule has 1 fully saturated rings. The van der Waals surface area contributed by atoms with Crippen molar-refractivity contribution < 1.29 is 49.3 Å². The van der Waals surface area contributed by atoms with Crippen LogP contribution in [0.2, 0.25) is 0 Å². The van der Waals surface area contributed by atoms with Gasteiger partial charge < -0.3 is 44.5 Å². The molecule has 11 heteroatoms. The Balaban J connectivity index is 1.67. The number of carboxylic acids is 1. The first kappa shape index (κ1) is 21.6. The standard InChI is InChI=1S/C21H18O11/c22-11-4-1-8(5-13(11)24)14-7-12(23)10-3-2-9(6-15(10)31-14)30-21-18(27)16(25)17(26)19(32-21)20(28)29/h1-7,16-19,21-22,24-27H,(H,28,29)/t16-,17-,18+,19-,21?/m0/s1. The van der Waals surface area contributed by atoms with Crippen LogP contribution in [0.25, 0.3) is 22.3 Å². The molecule has 6 N–H and O–H groups in total. The van der Waals surface area contributed by atoms with Crippen LogP contribution in [-0.4, -0.2) is 67.3 Å². The predicted octanol–water partition coefficient (Wildman–Crippen LogP) is 0.142. The van der Waals surface area contributed by atoms with Crippen molar-refractivity contribution in [1.82, 2.24) is 0 Å². The molecule has 1 unspecified atom stereocenters. The molecular formula is C21H18O11. The molecule has 168 valence electrons. The third-order valence-corrected chi connectivity index (χ3v) is 5.03. The van der Waals surface area contributed by atoms with Crippen LogP contribution in [0.4, 0.5) is 0 Å². The number of carboxylic acid groups (broad SMARTS) is 1. The lowest BCUT2D eigenvalue weighted by Gasteiger charge is -2.38. The van der Waals surface area contributed by atoms with Gasteiger partial charge in [0.25, 0.3) is 0 Å². The van der Waals surface area contributed by atoms with Crippen LogP contribution < -0.4 is 10.2 Å². The summed E-state index contributed by atoms with van der Waals surface area (Å²) in [5, 5.41) is 58.2. The van der Waals surface area contributed by atoms with E-state index in [1.807, 2.05) is 0 Å². The largest absolute Gasteiger partial charge is 0.504 e. The van der Waals surface area contributed by atoms with Crippen LogP contribution in [0.1, 0.15) is 0 Å². The van der Waals surface area contributed by atoms with Crippen molar-refractivity contribution in [2.75, 3.05) is 0 Å². The molecule has 3 aromatic rings. The Hall–Kier alpha value is -3.64. The van der Waals surface area contributed by atoms with E-state index in [4.69, 9.17) is 19.0 Å². The zero-order valence-corrected chi connectivity index (χ0v) is 16.2. The van der Waals surface area contributed by atoms with Crippen molar-refractivity contribution >= 4 is 16.9 Å². The van der Waals surface area contributed by atoms with Gasteiger partial charge in [-0.05, 0) is 30.3 Å². The topological polar surface area (TPSA) is 187 Å². The number of aliphatic hydroxyl groups excluding tert-OH is 3. The van der Waals surface area contributed by atoms with Crippen LogP contribution in [0.3, 0.4) is 0 Å². The molecule has 32 heavy (non-hydrogen) atoms. The monoisotopic (exact) mass is 446 g/mol. The molecule has 0 saturated carbocycles. The predicted molar refractivity (Wildman–Crippen MR) is 106 cm³/mol. The molecule has 1 aliphatic rings. The summed E-state index contributed by atoms with van der Waals surface area (Å²) in [7, 11) is 0. The second-order valence-corrected chi connectivity index (χ2v) is 7.19. The number of rotatable bonds is 4. The molecule has 0 radical (unpaired) electrons. The van der Waals surface area contributed by atoms with E-state index in [1.54, 1.807) is 0 Å². The maximum absolute atomic E-state index is 12.5. The van der Waals surface area contributed by atoms with Crippen LogP contribution in [0.5, 0.6) is 17.2 Å². The summed E-state index contributed by atoms with van der Waals surface area (Å²) in [5.74, 6) is -2.19. The van der Waals surface area contributed by atoms with Gasteiger partial charge in [0.15, 0.2) is 23.0 Å². The highest BCUT2D eigenvalue weighted by atomic mass is 16.7. The third-order valence-electron chi connectivity index (χ3n) is 5.03. The molecule has 1 aliphatic heterocycles. The number of phenols is 2. The molecule has 2 aromatic carbocycles. The molecule has 4 rings (SSSR count). The number of phenolic OH excluding ortho intramolecular Hbond substituents is 2. The number of aliphatic hydroxyl groups is 3. The Bertz CT molecular complexity index is 1230. The van der Waals surface area contributed by atoms with Crippen molar-refractivity contribution in [2.45, 2.75) is 30.7 Å². The van der Waals surface area contributed by atoms with E-state index in [-0.39, 0.29) is 28.2 Å². The van der Waals surface area contributed by atoms with Gasteiger partial charge in [-0.15, -0.1) is 0 Å². The molecule has 11 nitrogen and oxygen atoms in total. The number of hydrogen-bond acceptors (Lipinski definition) is 10. The minimum atomic E-state index is -1.86. The van der Waals surface area contributed by atoms with E-state index in [0.717, 1.165) is 0 Å². The lowest BCUT2D eigenvalue weighted by Crippen LogP contribution is -2.61. The number of aliphatic carboxylic acids is 1. The molecule has 0 bridgehead atoms. The Labute approximate surface area is 178 Å². The first-order chi connectivity index (χ1) is 15.2. The van der Waals surface area contributed by atoms with E-state index < -0.39 is 47.9 Å². The molecule has 5 atom stereocenters. The van der Waals surface area contributed by atoms with Gasteiger partial charge in [-0.3, -0.25) is 4.79 Å². The number of benzene rings is 2. The molecule has 2 heterocycles. The lowest BCUT2D eigenvalue weighted by atomic mass is 9.99. The quantitative estimate of drug-likeness (QED) is 0.299. The fourth-order valence-corrected chi connectivity index (χ4v) is 3.31. The van der Waals surface area contributed by atoms with Crippen molar-refractivity contribution in [2.24, 2.45) is 0 Å². The van der Waals surface area contributed by atoms with E-state index in [0.29, 0.717) is 5.56 Å². The van der Waals surface area contributed by atoms with E-state index in [9.17, 15) is 35.1 Å². The summed E-state index contributed by atoms with van der Waals surface area (Å²) in [6.07, 6.45) is -8.90.